The smallest absolute Gasteiger partial charge is 0.238 e. The van der Waals surface area contributed by atoms with E-state index in [9.17, 15) is 8.42 Å². The number of hydrogen-bond donors (Lipinski definition) is 2. The Hall–Kier alpha value is -0.820. The first-order valence-corrected chi connectivity index (χ1v) is 7.37. The summed E-state index contributed by atoms with van der Waals surface area (Å²) < 4.78 is 27.6. The lowest BCUT2D eigenvalue weighted by atomic mass is 9.89. The fourth-order valence-electron chi connectivity index (χ4n) is 1.68. The van der Waals surface area contributed by atoms with Crippen LogP contribution in [0.2, 0.25) is 5.02 Å². The zero-order valence-electron chi connectivity index (χ0n) is 9.94. The molecule has 0 aliphatic carbocycles. The molecule has 0 aromatic heterocycles. The number of hydrogen-bond acceptors (Lipinski definition) is 4. The summed E-state index contributed by atoms with van der Waals surface area (Å²) in [5, 5.41) is 8.68. The molecule has 0 bridgehead atoms. The summed E-state index contributed by atoms with van der Waals surface area (Å²) in [6.45, 7) is 4.13. The summed E-state index contributed by atoms with van der Waals surface area (Å²) in [5.41, 5.74) is 0.636. The van der Waals surface area contributed by atoms with Gasteiger partial charge in [0.05, 0.1) is 28.8 Å². The van der Waals surface area contributed by atoms with Gasteiger partial charge in [-0.25, -0.2) is 13.6 Å². The number of anilines is 1. The van der Waals surface area contributed by atoms with Gasteiger partial charge in [0.2, 0.25) is 10.0 Å². The van der Waals surface area contributed by atoms with Crippen molar-refractivity contribution < 1.29 is 13.2 Å². The van der Waals surface area contributed by atoms with Crippen LogP contribution in [0.5, 0.6) is 0 Å². The van der Waals surface area contributed by atoms with Crippen LogP contribution in [0.1, 0.15) is 6.92 Å². The van der Waals surface area contributed by atoms with Crippen molar-refractivity contribution in [2.75, 3.05) is 25.1 Å². The molecule has 0 radical (unpaired) electrons. The fourth-order valence-corrected chi connectivity index (χ4v) is 2.40. The van der Waals surface area contributed by atoms with E-state index in [2.05, 4.69) is 12.2 Å². The molecular weight excluding hydrogens is 276 g/mol. The Morgan fingerprint density at radius 3 is 2.67 bits per heavy atom. The van der Waals surface area contributed by atoms with Crippen LogP contribution in [0.3, 0.4) is 0 Å². The maximum Gasteiger partial charge on any atom is 0.238 e. The van der Waals surface area contributed by atoms with Crippen LogP contribution in [0.15, 0.2) is 23.1 Å². The van der Waals surface area contributed by atoms with Crippen molar-refractivity contribution in [3.05, 3.63) is 23.2 Å². The van der Waals surface area contributed by atoms with Crippen molar-refractivity contribution in [3.8, 4) is 0 Å². The van der Waals surface area contributed by atoms with Gasteiger partial charge in [-0.1, -0.05) is 18.5 Å². The summed E-state index contributed by atoms with van der Waals surface area (Å²) in [6.07, 6.45) is 0. The first kappa shape index (κ1) is 13.6. The molecule has 18 heavy (non-hydrogen) atoms. The molecule has 1 saturated heterocycles. The molecule has 7 heteroatoms. The number of nitrogens with two attached hydrogens (primary N) is 1. The molecule has 1 aromatic rings. The second-order valence-electron chi connectivity index (χ2n) is 4.84. The third-order valence-corrected chi connectivity index (χ3v) is 4.11. The van der Waals surface area contributed by atoms with E-state index in [1.54, 1.807) is 0 Å². The number of nitrogens with one attached hydrogen (secondary N) is 1. The summed E-state index contributed by atoms with van der Waals surface area (Å²) in [6, 6.07) is 4.35. The van der Waals surface area contributed by atoms with Crippen LogP contribution < -0.4 is 10.5 Å². The van der Waals surface area contributed by atoms with Gasteiger partial charge in [-0.2, -0.15) is 0 Å². The maximum absolute atomic E-state index is 11.3. The van der Waals surface area contributed by atoms with E-state index >= 15 is 0 Å². The van der Waals surface area contributed by atoms with E-state index in [1.807, 2.05) is 0 Å². The second-order valence-corrected chi connectivity index (χ2v) is 6.81. The van der Waals surface area contributed by atoms with Crippen LogP contribution in [0.25, 0.3) is 0 Å². The highest BCUT2D eigenvalue weighted by Crippen LogP contribution is 2.30. The minimum Gasteiger partial charge on any atom is -0.383 e. The maximum atomic E-state index is 11.3. The van der Waals surface area contributed by atoms with Crippen molar-refractivity contribution in [2.45, 2.75) is 11.8 Å². The van der Waals surface area contributed by atoms with Gasteiger partial charge in [-0.3, -0.25) is 0 Å². The highest BCUT2D eigenvalue weighted by atomic mass is 35.5. The highest BCUT2D eigenvalue weighted by molar-refractivity contribution is 7.89. The zero-order chi connectivity index (χ0) is 13.4. The summed E-state index contributed by atoms with van der Waals surface area (Å²) in [7, 11) is -3.71. The molecule has 0 amide bonds. The molecule has 1 aromatic carbocycles. The van der Waals surface area contributed by atoms with E-state index in [-0.39, 0.29) is 10.3 Å². The largest absolute Gasteiger partial charge is 0.383 e. The topological polar surface area (TPSA) is 81.4 Å². The summed E-state index contributed by atoms with van der Waals surface area (Å²) in [4.78, 5) is 0.0458. The molecule has 1 aliphatic rings. The average molecular weight is 291 g/mol. The number of benzene rings is 1. The molecule has 1 heterocycles. The van der Waals surface area contributed by atoms with Gasteiger partial charge < -0.3 is 10.1 Å². The van der Waals surface area contributed by atoms with Gasteiger partial charge in [0.15, 0.2) is 0 Å². The molecule has 5 nitrogen and oxygen atoms in total. The predicted octanol–water partition coefficient (Wildman–Crippen LogP) is 1.44. The van der Waals surface area contributed by atoms with E-state index in [4.69, 9.17) is 21.5 Å². The SMILES string of the molecule is CC1(CNc2cc(S(N)(=O)=O)ccc2Cl)COC1. The lowest BCUT2D eigenvalue weighted by molar-refractivity contribution is -0.0924. The molecule has 3 N–H and O–H groups in total. The molecule has 0 saturated carbocycles. The predicted molar refractivity (Wildman–Crippen MR) is 70.2 cm³/mol. The normalized spacial score (nSPS) is 18.2. The van der Waals surface area contributed by atoms with Crippen LogP contribution >= 0.6 is 11.6 Å². The standard InChI is InChI=1S/C11H15ClN2O3S/c1-11(6-17-7-11)5-14-10-4-8(18(13,15)16)2-3-9(10)12/h2-4,14H,5-7H2,1H3,(H2,13,15,16). The first-order chi connectivity index (χ1) is 8.30. The molecule has 0 spiro atoms. The minimum atomic E-state index is -3.71. The number of ether oxygens (including phenoxy) is 1. The van der Waals surface area contributed by atoms with E-state index in [0.717, 1.165) is 0 Å². The molecule has 100 valence electrons. The van der Waals surface area contributed by atoms with Gasteiger partial charge >= 0.3 is 0 Å². The number of rotatable bonds is 4. The van der Waals surface area contributed by atoms with E-state index < -0.39 is 10.0 Å². The Labute approximate surface area is 111 Å². The monoisotopic (exact) mass is 290 g/mol. The summed E-state index contributed by atoms with van der Waals surface area (Å²) >= 11 is 6.01. The molecule has 1 fully saturated rings. The molecular formula is C11H15ClN2O3S. The Balaban J connectivity index is 2.16. The van der Waals surface area contributed by atoms with Crippen LogP contribution in [-0.4, -0.2) is 28.2 Å². The Bertz CT molecular complexity index is 555. The fraction of sp³-hybridized carbons (Fsp3) is 0.455. The van der Waals surface area contributed by atoms with Crippen LogP contribution in [-0.2, 0) is 14.8 Å². The van der Waals surface area contributed by atoms with Crippen molar-refractivity contribution in [3.63, 3.8) is 0 Å². The number of sulfonamides is 1. The van der Waals surface area contributed by atoms with Crippen molar-refractivity contribution in [1.82, 2.24) is 0 Å². The van der Waals surface area contributed by atoms with Crippen molar-refractivity contribution >= 4 is 27.3 Å². The lowest BCUT2D eigenvalue weighted by Gasteiger charge is -2.38. The number of primary sulfonamides is 1. The van der Waals surface area contributed by atoms with Crippen molar-refractivity contribution in [2.24, 2.45) is 10.6 Å². The van der Waals surface area contributed by atoms with Gasteiger partial charge in [0, 0.05) is 12.0 Å². The Morgan fingerprint density at radius 1 is 1.50 bits per heavy atom. The molecule has 0 atom stereocenters. The van der Waals surface area contributed by atoms with Crippen LogP contribution in [0.4, 0.5) is 5.69 Å². The van der Waals surface area contributed by atoms with Gasteiger partial charge in [0.1, 0.15) is 0 Å². The average Bonchev–Trinajstić information content (AvgIpc) is 2.24. The lowest BCUT2D eigenvalue weighted by Crippen LogP contribution is -2.45. The molecule has 0 unspecified atom stereocenters. The zero-order valence-corrected chi connectivity index (χ0v) is 11.5. The second kappa shape index (κ2) is 4.70. The van der Waals surface area contributed by atoms with Gasteiger partial charge in [-0.15, -0.1) is 0 Å². The summed E-state index contributed by atoms with van der Waals surface area (Å²) in [5.74, 6) is 0. The Morgan fingerprint density at radius 2 is 2.17 bits per heavy atom. The van der Waals surface area contributed by atoms with Crippen molar-refractivity contribution in [1.29, 1.82) is 0 Å². The number of halogens is 1. The van der Waals surface area contributed by atoms with Gasteiger partial charge in [-0.05, 0) is 18.2 Å². The third-order valence-electron chi connectivity index (χ3n) is 2.87. The Kier molecular flexibility index (Phi) is 3.55. The highest BCUT2D eigenvalue weighted by Gasteiger charge is 2.33. The molecule has 1 aliphatic heterocycles. The first-order valence-electron chi connectivity index (χ1n) is 5.44. The van der Waals surface area contributed by atoms with Crippen LogP contribution in [0, 0.1) is 5.41 Å². The van der Waals surface area contributed by atoms with E-state index in [0.29, 0.717) is 30.5 Å². The minimum absolute atomic E-state index is 0.0458. The third kappa shape index (κ3) is 2.95. The van der Waals surface area contributed by atoms with Gasteiger partial charge in [0.25, 0.3) is 0 Å². The van der Waals surface area contributed by atoms with E-state index in [1.165, 1.54) is 18.2 Å². The quantitative estimate of drug-likeness (QED) is 0.879. The molecule has 2 rings (SSSR count).